The summed E-state index contributed by atoms with van der Waals surface area (Å²) >= 11 is 1.47. The lowest BCUT2D eigenvalue weighted by atomic mass is 10.1. The zero-order chi connectivity index (χ0) is 17.1. The largest absolute Gasteiger partial charge is 0.491 e. The van der Waals surface area contributed by atoms with Gasteiger partial charge in [-0.3, -0.25) is 4.79 Å². The van der Waals surface area contributed by atoms with E-state index >= 15 is 0 Å². The summed E-state index contributed by atoms with van der Waals surface area (Å²) in [4.78, 5) is 13.1. The van der Waals surface area contributed by atoms with Gasteiger partial charge in [-0.25, -0.2) is 0 Å². The average molecular weight is 345 g/mol. The van der Waals surface area contributed by atoms with Crippen molar-refractivity contribution < 1.29 is 14.6 Å². The molecule has 5 heteroatoms. The first kappa shape index (κ1) is 17.0. The molecule has 1 heterocycles. The molecule has 1 amide bonds. The number of carbonyl (C=O) groups is 1. The molecule has 1 unspecified atom stereocenters. The normalized spacial score (nSPS) is 15.3. The standard InChI is InChI=1S/C19H23NO3S/c1-12(2)23-15-5-3-4-14(10-15)17(21)11-20-19(22)18-16(8-9-24-18)13-6-7-13/h3-5,8-10,12-13,17,21H,6-7,11H2,1-2H3,(H,20,22). The monoisotopic (exact) mass is 345 g/mol. The topological polar surface area (TPSA) is 58.6 Å². The predicted octanol–water partition coefficient (Wildman–Crippen LogP) is 3.88. The van der Waals surface area contributed by atoms with Crippen LogP contribution < -0.4 is 10.1 Å². The molecule has 128 valence electrons. The molecule has 24 heavy (non-hydrogen) atoms. The van der Waals surface area contributed by atoms with E-state index in [4.69, 9.17) is 4.74 Å². The molecule has 0 saturated heterocycles. The molecule has 4 nitrogen and oxygen atoms in total. The number of benzene rings is 1. The van der Waals surface area contributed by atoms with Crippen molar-refractivity contribution in [3.63, 3.8) is 0 Å². The van der Waals surface area contributed by atoms with Crippen LogP contribution in [0.2, 0.25) is 0 Å². The van der Waals surface area contributed by atoms with Crippen LogP contribution in [0.4, 0.5) is 0 Å². The molecule has 0 aliphatic heterocycles. The van der Waals surface area contributed by atoms with Crippen molar-refractivity contribution >= 4 is 17.2 Å². The lowest BCUT2D eigenvalue weighted by molar-refractivity contribution is 0.0919. The highest BCUT2D eigenvalue weighted by molar-refractivity contribution is 7.12. The Bertz CT molecular complexity index is 706. The molecule has 0 spiro atoms. The van der Waals surface area contributed by atoms with Crippen LogP contribution in [0.3, 0.4) is 0 Å². The van der Waals surface area contributed by atoms with Gasteiger partial charge in [-0.1, -0.05) is 12.1 Å². The fourth-order valence-corrected chi connectivity index (χ4v) is 3.58. The minimum Gasteiger partial charge on any atom is -0.491 e. The zero-order valence-corrected chi connectivity index (χ0v) is 14.8. The SMILES string of the molecule is CC(C)Oc1cccc(C(O)CNC(=O)c2sccc2C2CC2)c1. The summed E-state index contributed by atoms with van der Waals surface area (Å²) in [6, 6.07) is 9.41. The first-order valence-corrected chi connectivity index (χ1v) is 9.23. The predicted molar refractivity (Wildman–Crippen MR) is 95.8 cm³/mol. The highest BCUT2D eigenvalue weighted by Crippen LogP contribution is 2.43. The van der Waals surface area contributed by atoms with Crippen LogP contribution in [-0.2, 0) is 0 Å². The van der Waals surface area contributed by atoms with Crippen molar-refractivity contribution in [2.45, 2.75) is 44.8 Å². The molecule has 1 atom stereocenters. The summed E-state index contributed by atoms with van der Waals surface area (Å²) in [6.07, 6.45) is 1.66. The van der Waals surface area contributed by atoms with Crippen molar-refractivity contribution in [2.75, 3.05) is 6.54 Å². The van der Waals surface area contributed by atoms with Gasteiger partial charge in [0.1, 0.15) is 5.75 Å². The third-order valence-corrected chi connectivity index (χ3v) is 4.92. The Morgan fingerprint density at radius 2 is 2.17 bits per heavy atom. The first-order valence-electron chi connectivity index (χ1n) is 8.35. The minimum atomic E-state index is -0.756. The first-order chi connectivity index (χ1) is 11.5. The molecular formula is C19H23NO3S. The van der Waals surface area contributed by atoms with Crippen LogP contribution in [-0.4, -0.2) is 23.7 Å². The van der Waals surface area contributed by atoms with E-state index in [2.05, 4.69) is 5.32 Å². The summed E-state index contributed by atoms with van der Waals surface area (Å²) < 4.78 is 5.64. The third kappa shape index (κ3) is 4.16. The maximum absolute atomic E-state index is 12.4. The van der Waals surface area contributed by atoms with Crippen molar-refractivity contribution in [2.24, 2.45) is 0 Å². The van der Waals surface area contributed by atoms with Gasteiger partial charge in [0.25, 0.3) is 5.91 Å². The van der Waals surface area contributed by atoms with Gasteiger partial charge in [-0.05, 0) is 67.3 Å². The van der Waals surface area contributed by atoms with Crippen LogP contribution in [0.5, 0.6) is 5.75 Å². The van der Waals surface area contributed by atoms with Gasteiger partial charge < -0.3 is 15.2 Å². The van der Waals surface area contributed by atoms with Gasteiger partial charge in [0.05, 0.1) is 17.1 Å². The Morgan fingerprint density at radius 3 is 2.88 bits per heavy atom. The van der Waals surface area contributed by atoms with E-state index < -0.39 is 6.10 Å². The molecule has 2 N–H and O–H groups in total. The molecule has 3 rings (SSSR count). The van der Waals surface area contributed by atoms with Gasteiger partial charge >= 0.3 is 0 Å². The summed E-state index contributed by atoms with van der Waals surface area (Å²) in [6.45, 7) is 4.11. The number of amides is 1. The number of hydrogen-bond acceptors (Lipinski definition) is 4. The lowest BCUT2D eigenvalue weighted by Crippen LogP contribution is -2.28. The van der Waals surface area contributed by atoms with Gasteiger partial charge in [0.15, 0.2) is 0 Å². The quantitative estimate of drug-likeness (QED) is 0.801. The van der Waals surface area contributed by atoms with Crippen molar-refractivity contribution in [3.05, 3.63) is 51.7 Å². The molecule has 0 bridgehead atoms. The summed E-state index contributed by atoms with van der Waals surface area (Å²) in [7, 11) is 0. The number of rotatable bonds is 7. The molecular weight excluding hydrogens is 322 g/mol. The lowest BCUT2D eigenvalue weighted by Gasteiger charge is -2.15. The van der Waals surface area contributed by atoms with Crippen LogP contribution >= 0.6 is 11.3 Å². The molecule has 0 radical (unpaired) electrons. The van der Waals surface area contributed by atoms with E-state index in [9.17, 15) is 9.90 Å². The summed E-state index contributed by atoms with van der Waals surface area (Å²) in [5, 5.41) is 15.2. The van der Waals surface area contributed by atoms with Crippen LogP contribution in [0.1, 0.15) is 59.5 Å². The maximum Gasteiger partial charge on any atom is 0.261 e. The van der Waals surface area contributed by atoms with E-state index in [-0.39, 0.29) is 18.6 Å². The second kappa shape index (κ2) is 7.36. The Labute approximate surface area is 146 Å². The van der Waals surface area contributed by atoms with Gasteiger partial charge in [0.2, 0.25) is 0 Å². The van der Waals surface area contributed by atoms with E-state index in [1.54, 1.807) is 0 Å². The maximum atomic E-state index is 12.4. The third-order valence-electron chi connectivity index (χ3n) is 3.99. The molecule has 1 aromatic heterocycles. The minimum absolute atomic E-state index is 0.0803. The van der Waals surface area contributed by atoms with Crippen LogP contribution in [0, 0.1) is 0 Å². The smallest absolute Gasteiger partial charge is 0.261 e. The van der Waals surface area contributed by atoms with Gasteiger partial charge in [0, 0.05) is 6.54 Å². The Balaban J connectivity index is 1.59. The van der Waals surface area contributed by atoms with E-state index in [1.165, 1.54) is 24.2 Å². The van der Waals surface area contributed by atoms with Crippen molar-refractivity contribution in [1.29, 1.82) is 0 Å². The van der Waals surface area contributed by atoms with Gasteiger partial charge in [-0.2, -0.15) is 0 Å². The van der Waals surface area contributed by atoms with Gasteiger partial charge in [-0.15, -0.1) is 11.3 Å². The molecule has 1 aliphatic rings. The number of carbonyl (C=O) groups excluding carboxylic acids is 1. The molecule has 1 saturated carbocycles. The molecule has 1 aliphatic carbocycles. The van der Waals surface area contributed by atoms with Crippen LogP contribution in [0.25, 0.3) is 0 Å². The molecule has 1 aromatic carbocycles. The highest BCUT2D eigenvalue weighted by Gasteiger charge is 2.29. The second-order valence-electron chi connectivity index (χ2n) is 6.44. The summed E-state index contributed by atoms with van der Waals surface area (Å²) in [5.41, 5.74) is 1.89. The Kier molecular flexibility index (Phi) is 5.21. The van der Waals surface area contributed by atoms with E-state index in [0.717, 1.165) is 21.8 Å². The molecule has 2 aromatic rings. The number of hydrogen-bond donors (Lipinski definition) is 2. The average Bonchev–Trinajstić information content (AvgIpc) is 3.28. The second-order valence-corrected chi connectivity index (χ2v) is 7.36. The Hall–Kier alpha value is -1.85. The summed E-state index contributed by atoms with van der Waals surface area (Å²) in [5.74, 6) is 1.18. The van der Waals surface area contributed by atoms with Crippen LogP contribution in [0.15, 0.2) is 35.7 Å². The fraction of sp³-hybridized carbons (Fsp3) is 0.421. The number of aliphatic hydroxyl groups is 1. The zero-order valence-electron chi connectivity index (χ0n) is 14.0. The highest BCUT2D eigenvalue weighted by atomic mass is 32.1. The van der Waals surface area contributed by atoms with Crippen molar-refractivity contribution in [1.82, 2.24) is 5.32 Å². The number of nitrogens with one attached hydrogen (secondary N) is 1. The fourth-order valence-electron chi connectivity index (χ4n) is 2.67. The van der Waals surface area contributed by atoms with E-state index in [0.29, 0.717) is 5.92 Å². The number of ether oxygens (including phenoxy) is 1. The number of thiophene rings is 1. The number of aliphatic hydroxyl groups excluding tert-OH is 1. The van der Waals surface area contributed by atoms with Crippen molar-refractivity contribution in [3.8, 4) is 5.75 Å². The molecule has 1 fully saturated rings. The van der Waals surface area contributed by atoms with E-state index in [1.807, 2.05) is 49.6 Å². The Morgan fingerprint density at radius 1 is 1.38 bits per heavy atom.